The van der Waals surface area contributed by atoms with Crippen LogP contribution in [0.1, 0.15) is 42.4 Å². The number of nitrogens with zero attached hydrogens (tertiary/aromatic N) is 1. The highest BCUT2D eigenvalue weighted by Gasteiger charge is 2.28. The van der Waals surface area contributed by atoms with E-state index in [4.69, 9.17) is 0 Å². The van der Waals surface area contributed by atoms with Crippen LogP contribution in [-0.4, -0.2) is 30.6 Å². The molecular weight excluding hydrogens is 244 g/mol. The van der Waals surface area contributed by atoms with Crippen molar-refractivity contribution in [2.75, 3.05) is 19.6 Å². The number of hydrogen-bond donors (Lipinski definition) is 1. The van der Waals surface area contributed by atoms with Crippen LogP contribution in [0.15, 0.2) is 18.2 Å². The zero-order valence-electron chi connectivity index (χ0n) is 13.0. The van der Waals surface area contributed by atoms with Gasteiger partial charge in [-0.2, -0.15) is 0 Å². The smallest absolute Gasteiger partial charge is 0.0236 e. The van der Waals surface area contributed by atoms with Crippen LogP contribution in [0.25, 0.3) is 0 Å². The standard InChI is InChI=1S/C18H28N2/c1-14-5-6-17(15(2)12-14)13-20-10-7-16(8-11-20)18-4-3-9-19-18/h5-6,12,16,18-19H,3-4,7-11,13H2,1-2H3. The van der Waals surface area contributed by atoms with Crippen molar-refractivity contribution < 1.29 is 0 Å². The van der Waals surface area contributed by atoms with Gasteiger partial charge in [-0.25, -0.2) is 0 Å². The van der Waals surface area contributed by atoms with Crippen LogP contribution in [0.4, 0.5) is 0 Å². The fraction of sp³-hybridized carbons (Fsp3) is 0.667. The SMILES string of the molecule is Cc1ccc(CN2CCC(C3CCCN3)CC2)c(C)c1. The van der Waals surface area contributed by atoms with Crippen molar-refractivity contribution in [1.29, 1.82) is 0 Å². The lowest BCUT2D eigenvalue weighted by atomic mass is 9.88. The second-order valence-corrected chi connectivity index (χ2v) is 6.75. The van der Waals surface area contributed by atoms with E-state index in [-0.39, 0.29) is 0 Å². The molecule has 1 N–H and O–H groups in total. The van der Waals surface area contributed by atoms with Crippen LogP contribution in [0.5, 0.6) is 0 Å². The first-order valence-corrected chi connectivity index (χ1v) is 8.24. The molecule has 1 aromatic rings. The molecule has 0 bridgehead atoms. The maximum Gasteiger partial charge on any atom is 0.0236 e. The topological polar surface area (TPSA) is 15.3 Å². The number of hydrogen-bond acceptors (Lipinski definition) is 2. The molecule has 0 amide bonds. The Labute approximate surface area is 123 Å². The summed E-state index contributed by atoms with van der Waals surface area (Å²) in [4.78, 5) is 2.64. The van der Waals surface area contributed by atoms with Crippen LogP contribution in [0, 0.1) is 19.8 Å². The summed E-state index contributed by atoms with van der Waals surface area (Å²) >= 11 is 0. The molecule has 2 saturated heterocycles. The predicted octanol–water partition coefficient (Wildman–Crippen LogP) is 3.27. The Morgan fingerprint density at radius 3 is 2.60 bits per heavy atom. The van der Waals surface area contributed by atoms with Crippen molar-refractivity contribution in [1.82, 2.24) is 10.2 Å². The molecule has 1 atom stereocenters. The predicted molar refractivity (Wildman–Crippen MR) is 84.9 cm³/mol. The van der Waals surface area contributed by atoms with E-state index < -0.39 is 0 Å². The Morgan fingerprint density at radius 1 is 1.15 bits per heavy atom. The molecule has 3 rings (SSSR count). The second kappa shape index (κ2) is 6.28. The summed E-state index contributed by atoms with van der Waals surface area (Å²) in [7, 11) is 0. The lowest BCUT2D eigenvalue weighted by Gasteiger charge is -2.35. The Kier molecular flexibility index (Phi) is 4.42. The molecule has 2 aliphatic rings. The van der Waals surface area contributed by atoms with Crippen molar-refractivity contribution in [2.24, 2.45) is 5.92 Å². The van der Waals surface area contributed by atoms with E-state index in [0.29, 0.717) is 0 Å². The minimum Gasteiger partial charge on any atom is -0.314 e. The highest BCUT2D eigenvalue weighted by atomic mass is 15.1. The number of nitrogens with one attached hydrogen (secondary N) is 1. The van der Waals surface area contributed by atoms with Gasteiger partial charge in [0.1, 0.15) is 0 Å². The highest BCUT2D eigenvalue weighted by molar-refractivity contribution is 5.30. The van der Waals surface area contributed by atoms with Gasteiger partial charge in [0.2, 0.25) is 0 Å². The first kappa shape index (κ1) is 14.1. The van der Waals surface area contributed by atoms with Crippen LogP contribution in [-0.2, 0) is 6.54 Å². The number of aryl methyl sites for hydroxylation is 2. The Morgan fingerprint density at radius 2 is 1.95 bits per heavy atom. The van der Waals surface area contributed by atoms with Crippen molar-refractivity contribution in [3.8, 4) is 0 Å². The Hall–Kier alpha value is -0.860. The van der Waals surface area contributed by atoms with E-state index in [1.165, 1.54) is 62.0 Å². The molecule has 0 spiro atoms. The van der Waals surface area contributed by atoms with Crippen molar-refractivity contribution >= 4 is 0 Å². The molecule has 1 unspecified atom stereocenters. The summed E-state index contributed by atoms with van der Waals surface area (Å²) in [5.41, 5.74) is 4.33. The fourth-order valence-corrected chi connectivity index (χ4v) is 3.89. The first-order valence-electron chi connectivity index (χ1n) is 8.24. The van der Waals surface area contributed by atoms with E-state index in [1.807, 2.05) is 0 Å². The Bertz CT molecular complexity index is 441. The molecule has 20 heavy (non-hydrogen) atoms. The molecule has 1 aromatic carbocycles. The van der Waals surface area contributed by atoms with Gasteiger partial charge in [0.25, 0.3) is 0 Å². The molecular formula is C18H28N2. The number of piperidine rings is 1. The minimum atomic E-state index is 0.818. The number of likely N-dealkylation sites (tertiary alicyclic amines) is 1. The van der Waals surface area contributed by atoms with Crippen LogP contribution < -0.4 is 5.32 Å². The van der Waals surface area contributed by atoms with Gasteiger partial charge in [0.15, 0.2) is 0 Å². The van der Waals surface area contributed by atoms with Gasteiger partial charge in [-0.15, -0.1) is 0 Å². The molecule has 0 aromatic heterocycles. The van der Waals surface area contributed by atoms with Crippen LogP contribution >= 0.6 is 0 Å². The van der Waals surface area contributed by atoms with Gasteiger partial charge in [-0.3, -0.25) is 4.90 Å². The highest BCUT2D eigenvalue weighted by Crippen LogP contribution is 2.26. The lowest BCUT2D eigenvalue weighted by Crippen LogP contribution is -2.40. The molecule has 2 nitrogen and oxygen atoms in total. The maximum absolute atomic E-state index is 3.69. The molecule has 2 fully saturated rings. The minimum absolute atomic E-state index is 0.818. The molecule has 0 aliphatic carbocycles. The number of benzene rings is 1. The summed E-state index contributed by atoms with van der Waals surface area (Å²) in [5.74, 6) is 0.924. The average Bonchev–Trinajstić information content (AvgIpc) is 2.97. The van der Waals surface area contributed by atoms with E-state index in [1.54, 1.807) is 0 Å². The molecule has 110 valence electrons. The Balaban J connectivity index is 1.53. The van der Waals surface area contributed by atoms with E-state index in [2.05, 4.69) is 42.3 Å². The third-order valence-corrected chi connectivity index (χ3v) is 5.19. The van der Waals surface area contributed by atoms with Gasteiger partial charge in [-0.1, -0.05) is 23.8 Å². The summed E-state index contributed by atoms with van der Waals surface area (Å²) in [6, 6.07) is 7.69. The molecule has 2 heteroatoms. The third-order valence-electron chi connectivity index (χ3n) is 5.19. The van der Waals surface area contributed by atoms with Gasteiger partial charge >= 0.3 is 0 Å². The normalized spacial score (nSPS) is 25.2. The third kappa shape index (κ3) is 3.24. The van der Waals surface area contributed by atoms with Crippen LogP contribution in [0.3, 0.4) is 0 Å². The zero-order chi connectivity index (χ0) is 13.9. The average molecular weight is 272 g/mol. The van der Waals surface area contributed by atoms with Gasteiger partial charge in [0, 0.05) is 12.6 Å². The van der Waals surface area contributed by atoms with Crippen LogP contribution in [0.2, 0.25) is 0 Å². The number of rotatable bonds is 3. The van der Waals surface area contributed by atoms with Crippen molar-refractivity contribution in [3.63, 3.8) is 0 Å². The van der Waals surface area contributed by atoms with E-state index in [0.717, 1.165) is 18.5 Å². The van der Waals surface area contributed by atoms with E-state index >= 15 is 0 Å². The van der Waals surface area contributed by atoms with Gasteiger partial charge < -0.3 is 5.32 Å². The quantitative estimate of drug-likeness (QED) is 0.908. The molecule has 2 aliphatic heterocycles. The molecule has 2 heterocycles. The monoisotopic (exact) mass is 272 g/mol. The zero-order valence-corrected chi connectivity index (χ0v) is 13.0. The van der Waals surface area contributed by atoms with Gasteiger partial charge in [-0.05, 0) is 76.2 Å². The van der Waals surface area contributed by atoms with E-state index in [9.17, 15) is 0 Å². The molecule has 0 radical (unpaired) electrons. The largest absolute Gasteiger partial charge is 0.314 e. The van der Waals surface area contributed by atoms with Crippen molar-refractivity contribution in [3.05, 3.63) is 34.9 Å². The lowest BCUT2D eigenvalue weighted by molar-refractivity contribution is 0.157. The summed E-state index contributed by atoms with van der Waals surface area (Å²) in [6.45, 7) is 9.35. The summed E-state index contributed by atoms with van der Waals surface area (Å²) in [5, 5.41) is 3.69. The summed E-state index contributed by atoms with van der Waals surface area (Å²) in [6.07, 6.45) is 5.54. The van der Waals surface area contributed by atoms with Crippen molar-refractivity contribution in [2.45, 2.75) is 52.1 Å². The first-order chi connectivity index (χ1) is 9.72. The second-order valence-electron chi connectivity index (χ2n) is 6.75. The van der Waals surface area contributed by atoms with Gasteiger partial charge in [0.05, 0.1) is 0 Å². The summed E-state index contributed by atoms with van der Waals surface area (Å²) < 4.78 is 0. The fourth-order valence-electron chi connectivity index (χ4n) is 3.89. The maximum atomic E-state index is 3.69. The molecule has 0 saturated carbocycles.